The number of rotatable bonds is 5. The fourth-order valence-electron chi connectivity index (χ4n) is 2.94. The molecule has 0 bridgehead atoms. The Kier molecular flexibility index (Phi) is 5.09. The fourth-order valence-corrected chi connectivity index (χ4v) is 4.03. The van der Waals surface area contributed by atoms with Crippen LogP contribution in [0.4, 0.5) is 5.69 Å². The van der Waals surface area contributed by atoms with Crippen molar-refractivity contribution in [3.63, 3.8) is 0 Å². The van der Waals surface area contributed by atoms with E-state index in [9.17, 15) is 14.4 Å². The van der Waals surface area contributed by atoms with Crippen LogP contribution in [0.1, 0.15) is 40.9 Å². The lowest BCUT2D eigenvalue weighted by molar-refractivity contribution is -0.120. The number of nitrogens with one attached hydrogen (secondary N) is 1. The number of anilines is 1. The summed E-state index contributed by atoms with van der Waals surface area (Å²) < 4.78 is 1.32. The summed E-state index contributed by atoms with van der Waals surface area (Å²) in [5.74, 6) is -0.438. The first-order chi connectivity index (χ1) is 12.8. The Balaban J connectivity index is 2.14. The van der Waals surface area contributed by atoms with Crippen LogP contribution in [0.2, 0.25) is 0 Å². The van der Waals surface area contributed by atoms with E-state index in [0.717, 1.165) is 0 Å². The van der Waals surface area contributed by atoms with Crippen molar-refractivity contribution in [3.05, 3.63) is 57.0 Å². The van der Waals surface area contributed by atoms with Gasteiger partial charge < -0.3 is 11.1 Å². The molecule has 0 spiro atoms. The molecule has 0 radical (unpaired) electrons. The number of carbonyl (C=O) groups excluding carboxylic acids is 2. The maximum Gasteiger partial charge on any atom is 0.266 e. The lowest BCUT2D eigenvalue weighted by atomic mass is 10.2. The number of para-hydroxylation sites is 1. The van der Waals surface area contributed by atoms with Crippen LogP contribution < -0.4 is 16.6 Å². The van der Waals surface area contributed by atoms with Crippen LogP contribution in [0.5, 0.6) is 0 Å². The third-order valence-electron chi connectivity index (χ3n) is 4.42. The van der Waals surface area contributed by atoms with Crippen molar-refractivity contribution in [2.45, 2.75) is 33.2 Å². The van der Waals surface area contributed by atoms with Gasteiger partial charge in [-0.25, -0.2) is 4.98 Å². The minimum absolute atomic E-state index is 0.298. The van der Waals surface area contributed by atoms with Crippen molar-refractivity contribution in [1.82, 2.24) is 9.55 Å². The zero-order valence-electron chi connectivity index (χ0n) is 15.3. The highest BCUT2D eigenvalue weighted by Crippen LogP contribution is 2.29. The van der Waals surface area contributed by atoms with Crippen molar-refractivity contribution in [1.29, 1.82) is 0 Å². The highest BCUT2D eigenvalue weighted by atomic mass is 32.1. The Morgan fingerprint density at radius 1 is 1.30 bits per heavy atom. The van der Waals surface area contributed by atoms with Crippen molar-refractivity contribution >= 4 is 39.1 Å². The number of nitrogens with two attached hydrogens (primary N) is 1. The molecule has 140 valence electrons. The van der Waals surface area contributed by atoms with E-state index in [2.05, 4.69) is 10.3 Å². The summed E-state index contributed by atoms with van der Waals surface area (Å²) in [6.07, 6.45) is 0.464. The molecule has 0 aliphatic rings. The molecule has 2 heterocycles. The van der Waals surface area contributed by atoms with Gasteiger partial charge in [0.05, 0.1) is 10.3 Å². The van der Waals surface area contributed by atoms with Gasteiger partial charge in [0.15, 0.2) is 0 Å². The van der Waals surface area contributed by atoms with Gasteiger partial charge in [-0.05, 0) is 31.5 Å². The predicted molar refractivity (Wildman–Crippen MR) is 106 cm³/mol. The van der Waals surface area contributed by atoms with Crippen molar-refractivity contribution < 1.29 is 9.59 Å². The number of benzene rings is 1. The molecular formula is C19H20N4O3S. The third kappa shape index (κ3) is 3.35. The van der Waals surface area contributed by atoms with Gasteiger partial charge in [-0.3, -0.25) is 19.0 Å². The van der Waals surface area contributed by atoms with Crippen LogP contribution in [-0.4, -0.2) is 21.4 Å². The molecule has 8 heteroatoms. The van der Waals surface area contributed by atoms with Gasteiger partial charge in [0.2, 0.25) is 5.91 Å². The average molecular weight is 384 g/mol. The van der Waals surface area contributed by atoms with Gasteiger partial charge in [-0.2, -0.15) is 0 Å². The van der Waals surface area contributed by atoms with E-state index in [-0.39, 0.29) is 11.5 Å². The van der Waals surface area contributed by atoms with Gasteiger partial charge in [0, 0.05) is 12.1 Å². The van der Waals surface area contributed by atoms with Gasteiger partial charge in [-0.15, -0.1) is 11.3 Å². The van der Waals surface area contributed by atoms with E-state index in [1.54, 1.807) is 26.0 Å². The molecule has 0 saturated heterocycles. The van der Waals surface area contributed by atoms with Crippen molar-refractivity contribution in [3.8, 4) is 0 Å². The SMILES string of the molecule is CCc1nc2sc(C(=O)Nc3ccccc3)c(C)c2c(=O)n1C(C)C(N)=O. The Bertz CT molecular complexity index is 1090. The van der Waals surface area contributed by atoms with Crippen LogP contribution >= 0.6 is 11.3 Å². The molecule has 2 amide bonds. The highest BCUT2D eigenvalue weighted by Gasteiger charge is 2.24. The first kappa shape index (κ1) is 18.8. The minimum Gasteiger partial charge on any atom is -0.368 e. The largest absolute Gasteiger partial charge is 0.368 e. The molecule has 0 aliphatic heterocycles. The standard InChI is InChI=1S/C19H20N4O3S/c1-4-13-22-18-14(19(26)23(13)11(3)16(20)24)10(2)15(27-18)17(25)21-12-8-6-5-7-9-12/h5-9,11H,4H2,1-3H3,(H2,20,24)(H,21,25). The lowest BCUT2D eigenvalue weighted by Crippen LogP contribution is -2.34. The van der Waals surface area contributed by atoms with Crippen molar-refractivity contribution in [2.75, 3.05) is 5.32 Å². The maximum atomic E-state index is 13.1. The summed E-state index contributed by atoms with van der Waals surface area (Å²) in [7, 11) is 0. The molecule has 1 unspecified atom stereocenters. The molecule has 0 saturated carbocycles. The first-order valence-electron chi connectivity index (χ1n) is 8.55. The summed E-state index contributed by atoms with van der Waals surface area (Å²) in [6.45, 7) is 5.13. The molecule has 27 heavy (non-hydrogen) atoms. The summed E-state index contributed by atoms with van der Waals surface area (Å²) in [6, 6.07) is 8.27. The number of hydrogen-bond donors (Lipinski definition) is 2. The molecule has 1 aromatic carbocycles. The first-order valence-corrected chi connectivity index (χ1v) is 9.37. The Labute approximate surface area is 159 Å². The van der Waals surface area contributed by atoms with E-state index < -0.39 is 11.9 Å². The monoisotopic (exact) mass is 384 g/mol. The summed E-state index contributed by atoms with van der Waals surface area (Å²) >= 11 is 1.17. The average Bonchev–Trinajstić information content (AvgIpc) is 2.98. The number of nitrogens with zero attached hydrogens (tertiary/aromatic N) is 2. The Morgan fingerprint density at radius 3 is 2.56 bits per heavy atom. The zero-order chi connectivity index (χ0) is 19.7. The number of aromatic nitrogens is 2. The lowest BCUT2D eigenvalue weighted by Gasteiger charge is -2.15. The van der Waals surface area contributed by atoms with E-state index >= 15 is 0 Å². The Morgan fingerprint density at radius 2 is 1.96 bits per heavy atom. The topological polar surface area (TPSA) is 107 Å². The molecule has 0 fully saturated rings. The maximum absolute atomic E-state index is 13.1. The zero-order valence-corrected chi connectivity index (χ0v) is 16.1. The van der Waals surface area contributed by atoms with Crippen LogP contribution in [0.3, 0.4) is 0 Å². The van der Waals surface area contributed by atoms with E-state index in [0.29, 0.717) is 38.6 Å². The van der Waals surface area contributed by atoms with Crippen molar-refractivity contribution in [2.24, 2.45) is 5.73 Å². The second-order valence-electron chi connectivity index (χ2n) is 6.19. The number of fused-ring (bicyclic) bond motifs is 1. The summed E-state index contributed by atoms with van der Waals surface area (Å²) in [4.78, 5) is 42.8. The summed E-state index contributed by atoms with van der Waals surface area (Å²) in [5.41, 5.74) is 6.26. The van der Waals surface area contributed by atoms with Gasteiger partial charge in [0.25, 0.3) is 11.5 Å². The fraction of sp³-hybridized carbons (Fsp3) is 0.263. The predicted octanol–water partition coefficient (Wildman–Crippen LogP) is 2.63. The van der Waals surface area contributed by atoms with Crippen LogP contribution in [-0.2, 0) is 11.2 Å². The molecule has 3 aromatic rings. The molecule has 3 N–H and O–H groups in total. The highest BCUT2D eigenvalue weighted by molar-refractivity contribution is 7.20. The molecule has 7 nitrogen and oxygen atoms in total. The minimum atomic E-state index is -0.815. The number of aryl methyl sites for hydroxylation is 2. The number of hydrogen-bond acceptors (Lipinski definition) is 5. The van der Waals surface area contributed by atoms with Gasteiger partial charge in [0.1, 0.15) is 16.7 Å². The number of carbonyl (C=O) groups is 2. The smallest absolute Gasteiger partial charge is 0.266 e. The normalized spacial score (nSPS) is 12.1. The summed E-state index contributed by atoms with van der Waals surface area (Å²) in [5, 5.41) is 3.17. The molecule has 2 aromatic heterocycles. The quantitative estimate of drug-likeness (QED) is 0.705. The molecule has 0 aliphatic carbocycles. The van der Waals surface area contributed by atoms with E-state index in [4.69, 9.17) is 5.73 Å². The van der Waals surface area contributed by atoms with Gasteiger partial charge in [-0.1, -0.05) is 25.1 Å². The second kappa shape index (κ2) is 7.32. The van der Waals surface area contributed by atoms with E-state index in [1.165, 1.54) is 15.9 Å². The number of amides is 2. The van der Waals surface area contributed by atoms with Crippen LogP contribution in [0, 0.1) is 6.92 Å². The van der Waals surface area contributed by atoms with Gasteiger partial charge >= 0.3 is 0 Å². The van der Waals surface area contributed by atoms with Crippen LogP contribution in [0.15, 0.2) is 35.1 Å². The molecule has 1 atom stereocenters. The Hall–Kier alpha value is -3.00. The number of thiophene rings is 1. The number of primary amides is 1. The second-order valence-corrected chi connectivity index (χ2v) is 7.19. The van der Waals surface area contributed by atoms with Crippen LogP contribution in [0.25, 0.3) is 10.2 Å². The molecular weight excluding hydrogens is 364 g/mol. The molecule has 3 rings (SSSR count). The third-order valence-corrected chi connectivity index (χ3v) is 5.61. The van der Waals surface area contributed by atoms with E-state index in [1.807, 2.05) is 25.1 Å².